The van der Waals surface area contributed by atoms with Gasteiger partial charge in [-0.1, -0.05) is 45.9 Å². The van der Waals surface area contributed by atoms with Gasteiger partial charge in [-0.25, -0.2) is 0 Å². The summed E-state index contributed by atoms with van der Waals surface area (Å²) in [6.07, 6.45) is 1.89. The summed E-state index contributed by atoms with van der Waals surface area (Å²) in [7, 11) is 1.44. The fraction of sp³-hybridized carbons (Fsp3) is 0.558. The Bertz CT molecular complexity index is 2010. The van der Waals surface area contributed by atoms with E-state index >= 15 is 0 Å². The molecular formula is C43H58N2O13. The summed E-state index contributed by atoms with van der Waals surface area (Å²) in [5.41, 5.74) is 0.384. The number of carbonyl (C=O) groups is 3. The van der Waals surface area contributed by atoms with Crippen LogP contribution in [0.1, 0.15) is 77.7 Å². The van der Waals surface area contributed by atoms with Crippen molar-refractivity contribution in [3.05, 3.63) is 53.3 Å². The van der Waals surface area contributed by atoms with Crippen molar-refractivity contribution in [2.75, 3.05) is 23.9 Å². The van der Waals surface area contributed by atoms with E-state index in [2.05, 4.69) is 5.32 Å². The summed E-state index contributed by atoms with van der Waals surface area (Å²) in [5.74, 6) is -7.35. The van der Waals surface area contributed by atoms with Crippen LogP contribution in [0.5, 0.6) is 17.2 Å². The van der Waals surface area contributed by atoms with Gasteiger partial charge in [-0.3, -0.25) is 14.4 Å². The van der Waals surface area contributed by atoms with Crippen molar-refractivity contribution in [1.29, 1.82) is 0 Å². The number of carbonyl (C=O) groups excluding carboxylic acids is 3. The molecule has 12 atom stereocenters. The average molecular weight is 811 g/mol. The summed E-state index contributed by atoms with van der Waals surface area (Å²) < 4.78 is 23.8. The van der Waals surface area contributed by atoms with Crippen LogP contribution < -0.4 is 15.0 Å². The Morgan fingerprint density at radius 3 is 2.29 bits per heavy atom. The number of aliphatic hydroxyl groups is 4. The largest absolute Gasteiger partial charge is 0.507 e. The van der Waals surface area contributed by atoms with Crippen LogP contribution in [0.15, 0.2) is 42.2 Å². The molecule has 5 bridgehead atoms. The number of phenolic OH excluding ortho intramolecular Hbond substituents is 2. The predicted molar refractivity (Wildman–Crippen MR) is 216 cm³/mol. The summed E-state index contributed by atoms with van der Waals surface area (Å²) in [4.78, 5) is 42.3. The highest BCUT2D eigenvalue weighted by molar-refractivity contribution is 6.23. The number of benzene rings is 2. The van der Waals surface area contributed by atoms with Crippen molar-refractivity contribution >= 4 is 39.8 Å². The minimum Gasteiger partial charge on any atom is -0.507 e. The molecule has 4 aliphatic heterocycles. The van der Waals surface area contributed by atoms with Crippen LogP contribution in [0.2, 0.25) is 0 Å². The first kappa shape index (κ1) is 44.4. The third kappa shape index (κ3) is 8.15. The Morgan fingerprint density at radius 1 is 1.00 bits per heavy atom. The maximum absolute atomic E-state index is 14.6. The van der Waals surface area contributed by atoms with E-state index in [9.17, 15) is 45.0 Å². The molecular weight excluding hydrogens is 752 g/mol. The van der Waals surface area contributed by atoms with Gasteiger partial charge in [0, 0.05) is 73.4 Å². The summed E-state index contributed by atoms with van der Waals surface area (Å²) >= 11 is 0. The van der Waals surface area contributed by atoms with Crippen LogP contribution in [-0.2, 0) is 23.8 Å². The van der Waals surface area contributed by atoms with Crippen LogP contribution in [0.25, 0.3) is 10.8 Å². The molecule has 15 heteroatoms. The number of hydrogen-bond donors (Lipinski definition) is 7. The van der Waals surface area contributed by atoms with Gasteiger partial charge < -0.3 is 59.8 Å². The van der Waals surface area contributed by atoms with Crippen molar-refractivity contribution in [2.24, 2.45) is 23.7 Å². The molecule has 2 aromatic carbocycles. The molecule has 318 valence electrons. The number of allylic oxidation sites excluding steroid dienone is 2. The standard InChI is InChI=1S/C43H58N2O13/c1-19-12-11-13-20(2)42(54)44-27-18-28(45-16-14-29(48)34(45)25(7)46)31-32(38(27)52)37(51)24(6)40-33(31)41(53)43(9,58-40)56-17-15-30(55-10)21(3)39(57-26(8)47)23(5)36(50)22(4)35(19)49/h11-13,15,17-19,21-23,25,29-30,34-36,39,46,48-52H,14,16H2,1-10H3,(H,44,54)/b12-11+,17-15-,20-13+. The van der Waals surface area contributed by atoms with Crippen LogP contribution >= 0.6 is 0 Å². The molecule has 1 saturated heterocycles. The third-order valence-electron chi connectivity index (χ3n) is 12.1. The number of esters is 1. The van der Waals surface area contributed by atoms with Gasteiger partial charge in [-0.05, 0) is 39.3 Å². The summed E-state index contributed by atoms with van der Waals surface area (Å²) in [6.45, 7) is 14.4. The van der Waals surface area contributed by atoms with Gasteiger partial charge >= 0.3 is 11.8 Å². The lowest BCUT2D eigenvalue weighted by Crippen LogP contribution is -2.46. The zero-order valence-electron chi connectivity index (χ0n) is 34.7. The van der Waals surface area contributed by atoms with Gasteiger partial charge in [0.25, 0.3) is 11.7 Å². The maximum Gasteiger partial charge on any atom is 0.312 e. The number of ether oxygens (including phenoxy) is 4. The number of fused-ring (bicyclic) bond motifs is 14. The van der Waals surface area contributed by atoms with Crippen LogP contribution in [-0.4, -0.2) is 110 Å². The number of nitrogens with zero attached hydrogens (tertiary/aromatic N) is 1. The van der Waals surface area contributed by atoms with Crippen LogP contribution in [0, 0.1) is 30.6 Å². The van der Waals surface area contributed by atoms with E-state index in [1.165, 1.54) is 59.3 Å². The Labute approximate surface area is 338 Å². The number of amides is 1. The number of methoxy groups -OCH3 is 1. The lowest BCUT2D eigenvalue weighted by Gasteiger charge is -2.38. The highest BCUT2D eigenvalue weighted by Crippen LogP contribution is 2.54. The normalized spacial score (nSPS) is 34.9. The number of hydrogen-bond acceptors (Lipinski definition) is 14. The number of nitrogens with one attached hydrogen (secondary N) is 1. The second-order valence-electron chi connectivity index (χ2n) is 16.2. The van der Waals surface area contributed by atoms with E-state index < -0.39 is 101 Å². The number of phenols is 2. The van der Waals surface area contributed by atoms with E-state index in [-0.39, 0.29) is 57.6 Å². The van der Waals surface area contributed by atoms with Crippen molar-refractivity contribution in [3.8, 4) is 17.2 Å². The minimum atomic E-state index is -2.01. The first-order valence-electron chi connectivity index (χ1n) is 19.6. The van der Waals surface area contributed by atoms with E-state index in [0.29, 0.717) is 0 Å². The lowest BCUT2D eigenvalue weighted by atomic mass is 9.78. The third-order valence-corrected chi connectivity index (χ3v) is 12.1. The SMILES string of the molecule is COC1/C=C\OC2(C)Oc3c(C)c(O)c4c(O)c(cc(N5CCC(O)C5C(C)O)c4c3C2=O)NC(=O)/C(C)=C/C=C/C(C)C(O)C(C)C(O)C(C)C(OC(C)=O)C1C. The van der Waals surface area contributed by atoms with Crippen molar-refractivity contribution < 1.29 is 64.0 Å². The second-order valence-corrected chi connectivity index (χ2v) is 16.2. The number of aliphatic hydroxyl groups excluding tert-OH is 4. The smallest absolute Gasteiger partial charge is 0.312 e. The van der Waals surface area contributed by atoms with E-state index in [1.54, 1.807) is 51.7 Å². The van der Waals surface area contributed by atoms with Gasteiger partial charge in [0.2, 0.25) is 0 Å². The molecule has 4 aliphatic rings. The van der Waals surface area contributed by atoms with Crippen LogP contribution in [0.3, 0.4) is 0 Å². The van der Waals surface area contributed by atoms with Gasteiger partial charge in [-0.15, -0.1) is 0 Å². The Balaban J connectivity index is 1.73. The number of aromatic hydroxyl groups is 2. The maximum atomic E-state index is 14.6. The van der Waals surface area contributed by atoms with Gasteiger partial charge in [0.15, 0.2) is 5.75 Å². The Morgan fingerprint density at radius 2 is 1.67 bits per heavy atom. The molecule has 0 radical (unpaired) electrons. The lowest BCUT2D eigenvalue weighted by molar-refractivity contribution is -0.160. The first-order chi connectivity index (χ1) is 27.2. The molecule has 1 fully saturated rings. The van der Waals surface area contributed by atoms with Gasteiger partial charge in [0.05, 0.1) is 59.5 Å². The van der Waals surface area contributed by atoms with E-state index in [0.717, 1.165) is 0 Å². The Kier molecular flexibility index (Phi) is 13.2. The molecule has 58 heavy (non-hydrogen) atoms. The van der Waals surface area contributed by atoms with Crippen molar-refractivity contribution in [1.82, 2.24) is 0 Å². The molecule has 0 aliphatic carbocycles. The minimum absolute atomic E-state index is 0.0207. The highest BCUT2D eigenvalue weighted by atomic mass is 16.7. The van der Waals surface area contributed by atoms with Gasteiger partial charge in [0.1, 0.15) is 17.6 Å². The monoisotopic (exact) mass is 810 g/mol. The topological polar surface area (TPSA) is 225 Å². The number of anilines is 2. The summed E-state index contributed by atoms with van der Waals surface area (Å²) in [6, 6.07) is 0.573. The number of rotatable bonds is 4. The zero-order chi connectivity index (χ0) is 43.1. The average Bonchev–Trinajstić information content (AvgIpc) is 3.69. The van der Waals surface area contributed by atoms with E-state index in [4.69, 9.17) is 18.9 Å². The molecule has 1 amide bonds. The number of ketones is 1. The molecule has 7 N–H and O–H groups in total. The predicted octanol–water partition coefficient (Wildman–Crippen LogP) is 4.37. The van der Waals surface area contributed by atoms with Gasteiger partial charge in [-0.2, -0.15) is 0 Å². The molecule has 12 unspecified atom stereocenters. The number of Topliss-reactive ketones (excluding diaryl/α,β-unsaturated/α-hetero) is 1. The second kappa shape index (κ2) is 17.3. The molecule has 4 heterocycles. The molecule has 0 spiro atoms. The van der Waals surface area contributed by atoms with Crippen molar-refractivity contribution in [3.63, 3.8) is 0 Å². The molecule has 15 nitrogen and oxygen atoms in total. The molecule has 0 aromatic heterocycles. The molecule has 6 rings (SSSR count). The molecule has 0 saturated carbocycles. The fourth-order valence-electron chi connectivity index (χ4n) is 8.54. The van der Waals surface area contributed by atoms with Crippen molar-refractivity contribution in [2.45, 2.75) is 117 Å². The zero-order valence-corrected chi connectivity index (χ0v) is 34.7. The molecule has 2 aromatic rings. The summed E-state index contributed by atoms with van der Waals surface area (Å²) in [5, 5.41) is 70.7. The quantitative estimate of drug-likeness (QED) is 0.168. The highest BCUT2D eigenvalue weighted by Gasteiger charge is 2.50. The first-order valence-corrected chi connectivity index (χ1v) is 19.6. The van der Waals surface area contributed by atoms with E-state index in [1.807, 2.05) is 0 Å². The van der Waals surface area contributed by atoms with Crippen LogP contribution in [0.4, 0.5) is 11.4 Å². The fourth-order valence-corrected chi connectivity index (χ4v) is 8.54. The Hall–Kier alpha value is -4.67.